The lowest BCUT2D eigenvalue weighted by Gasteiger charge is -2.07. The SMILES string of the molecule is CCOC(=O)c1cnc(NCCc2ccccc2)nc1Cl. The fourth-order valence-corrected chi connectivity index (χ4v) is 1.96. The van der Waals surface area contributed by atoms with Crippen molar-refractivity contribution in [2.45, 2.75) is 13.3 Å². The summed E-state index contributed by atoms with van der Waals surface area (Å²) >= 11 is 5.96. The summed E-state index contributed by atoms with van der Waals surface area (Å²) in [5.74, 6) is -0.123. The van der Waals surface area contributed by atoms with Crippen molar-refractivity contribution in [1.82, 2.24) is 9.97 Å². The Labute approximate surface area is 128 Å². The maximum absolute atomic E-state index is 11.6. The lowest BCUT2D eigenvalue weighted by atomic mass is 10.1. The third-order valence-corrected chi connectivity index (χ3v) is 3.07. The van der Waals surface area contributed by atoms with Gasteiger partial charge in [-0.3, -0.25) is 0 Å². The van der Waals surface area contributed by atoms with Gasteiger partial charge in [-0.05, 0) is 18.9 Å². The van der Waals surface area contributed by atoms with Crippen LogP contribution in [0.1, 0.15) is 22.8 Å². The molecule has 1 heterocycles. The number of aromatic nitrogens is 2. The van der Waals surface area contributed by atoms with E-state index in [2.05, 4.69) is 27.4 Å². The number of esters is 1. The van der Waals surface area contributed by atoms with Crippen LogP contribution in [0.5, 0.6) is 0 Å². The number of hydrogen-bond donors (Lipinski definition) is 1. The lowest BCUT2D eigenvalue weighted by molar-refractivity contribution is 0.0525. The van der Waals surface area contributed by atoms with Gasteiger partial charge in [0.05, 0.1) is 6.61 Å². The predicted molar refractivity (Wildman–Crippen MR) is 81.6 cm³/mol. The Morgan fingerprint density at radius 2 is 2.10 bits per heavy atom. The predicted octanol–water partition coefficient (Wildman–Crippen LogP) is 2.96. The Morgan fingerprint density at radius 1 is 1.33 bits per heavy atom. The van der Waals surface area contributed by atoms with Gasteiger partial charge in [-0.1, -0.05) is 41.9 Å². The molecule has 0 amide bonds. The fourth-order valence-electron chi connectivity index (χ4n) is 1.76. The first-order chi connectivity index (χ1) is 10.2. The third kappa shape index (κ3) is 4.43. The van der Waals surface area contributed by atoms with Gasteiger partial charge in [0.2, 0.25) is 5.95 Å². The highest BCUT2D eigenvalue weighted by Crippen LogP contribution is 2.15. The zero-order valence-corrected chi connectivity index (χ0v) is 12.4. The minimum atomic E-state index is -0.515. The molecule has 0 radical (unpaired) electrons. The molecule has 2 rings (SSSR count). The minimum Gasteiger partial charge on any atom is -0.462 e. The maximum atomic E-state index is 11.6. The monoisotopic (exact) mass is 305 g/mol. The molecule has 110 valence electrons. The first-order valence-electron chi connectivity index (χ1n) is 6.68. The van der Waals surface area contributed by atoms with E-state index in [0.29, 0.717) is 12.5 Å². The Kier molecular flexibility index (Phi) is 5.51. The molecule has 1 N–H and O–H groups in total. The van der Waals surface area contributed by atoms with E-state index in [4.69, 9.17) is 16.3 Å². The van der Waals surface area contributed by atoms with E-state index in [-0.39, 0.29) is 17.3 Å². The summed E-state index contributed by atoms with van der Waals surface area (Å²) in [6.07, 6.45) is 2.22. The zero-order valence-electron chi connectivity index (χ0n) is 11.7. The number of rotatable bonds is 6. The highest BCUT2D eigenvalue weighted by Gasteiger charge is 2.14. The van der Waals surface area contributed by atoms with E-state index >= 15 is 0 Å². The second-order valence-corrected chi connectivity index (χ2v) is 4.64. The number of carbonyl (C=O) groups excluding carboxylic acids is 1. The summed E-state index contributed by atoms with van der Waals surface area (Å²) in [7, 11) is 0. The van der Waals surface area contributed by atoms with Crippen LogP contribution in [-0.2, 0) is 11.2 Å². The van der Waals surface area contributed by atoms with Gasteiger partial charge in [-0.2, -0.15) is 0 Å². The molecule has 0 saturated carbocycles. The molecular formula is C15H16ClN3O2. The second-order valence-electron chi connectivity index (χ2n) is 4.28. The standard InChI is InChI=1S/C15H16ClN3O2/c1-2-21-14(20)12-10-18-15(19-13(12)16)17-9-8-11-6-4-3-5-7-11/h3-7,10H,2,8-9H2,1H3,(H,17,18,19). The summed E-state index contributed by atoms with van der Waals surface area (Å²) in [6.45, 7) is 2.69. The maximum Gasteiger partial charge on any atom is 0.342 e. The number of carbonyl (C=O) groups is 1. The van der Waals surface area contributed by atoms with Gasteiger partial charge in [0.15, 0.2) is 0 Å². The summed E-state index contributed by atoms with van der Waals surface area (Å²) in [4.78, 5) is 19.7. The highest BCUT2D eigenvalue weighted by molar-refractivity contribution is 6.32. The zero-order chi connectivity index (χ0) is 15.1. The minimum absolute atomic E-state index is 0.0886. The van der Waals surface area contributed by atoms with Gasteiger partial charge in [-0.15, -0.1) is 0 Å². The first kappa shape index (κ1) is 15.3. The quantitative estimate of drug-likeness (QED) is 0.656. The molecule has 1 aromatic heterocycles. The molecule has 0 fully saturated rings. The smallest absolute Gasteiger partial charge is 0.342 e. The van der Waals surface area contributed by atoms with E-state index < -0.39 is 5.97 Å². The molecule has 0 aliphatic rings. The van der Waals surface area contributed by atoms with Crippen LogP contribution in [0.3, 0.4) is 0 Å². The number of anilines is 1. The Hall–Kier alpha value is -2.14. The number of ether oxygens (including phenoxy) is 1. The van der Waals surface area contributed by atoms with Gasteiger partial charge in [0, 0.05) is 12.7 Å². The third-order valence-electron chi connectivity index (χ3n) is 2.78. The van der Waals surface area contributed by atoms with Crippen molar-refractivity contribution in [2.75, 3.05) is 18.5 Å². The van der Waals surface area contributed by atoms with Crippen molar-refractivity contribution in [1.29, 1.82) is 0 Å². The van der Waals surface area contributed by atoms with E-state index in [0.717, 1.165) is 6.42 Å². The Morgan fingerprint density at radius 3 is 2.76 bits per heavy atom. The van der Waals surface area contributed by atoms with Crippen molar-refractivity contribution in [3.63, 3.8) is 0 Å². The number of benzene rings is 1. The Bertz CT molecular complexity index is 605. The molecule has 0 bridgehead atoms. The largest absolute Gasteiger partial charge is 0.462 e. The van der Waals surface area contributed by atoms with E-state index in [1.54, 1.807) is 6.92 Å². The Balaban J connectivity index is 1.93. The number of nitrogens with zero attached hydrogens (tertiary/aromatic N) is 2. The normalized spacial score (nSPS) is 10.2. The second kappa shape index (κ2) is 7.59. The number of hydrogen-bond acceptors (Lipinski definition) is 5. The molecule has 2 aromatic rings. The molecule has 0 aliphatic carbocycles. The topological polar surface area (TPSA) is 64.1 Å². The molecule has 0 aliphatic heterocycles. The molecule has 5 nitrogen and oxygen atoms in total. The molecule has 0 atom stereocenters. The van der Waals surface area contributed by atoms with Gasteiger partial charge in [0.25, 0.3) is 0 Å². The average molecular weight is 306 g/mol. The summed E-state index contributed by atoms with van der Waals surface area (Å²) in [6, 6.07) is 10.1. The summed E-state index contributed by atoms with van der Waals surface area (Å²) in [5, 5.41) is 3.16. The number of halogens is 1. The van der Waals surface area contributed by atoms with Gasteiger partial charge in [0.1, 0.15) is 10.7 Å². The van der Waals surface area contributed by atoms with Crippen molar-refractivity contribution in [3.05, 3.63) is 52.8 Å². The van der Waals surface area contributed by atoms with Crippen LogP contribution in [-0.4, -0.2) is 29.1 Å². The van der Waals surface area contributed by atoms with Crippen LogP contribution in [0.15, 0.2) is 36.5 Å². The molecule has 21 heavy (non-hydrogen) atoms. The molecule has 0 unspecified atom stereocenters. The van der Waals surface area contributed by atoms with Crippen molar-refractivity contribution >= 4 is 23.5 Å². The van der Waals surface area contributed by atoms with Gasteiger partial charge in [-0.25, -0.2) is 14.8 Å². The average Bonchev–Trinajstić information content (AvgIpc) is 2.48. The molecule has 6 heteroatoms. The summed E-state index contributed by atoms with van der Waals surface area (Å²) in [5.41, 5.74) is 1.39. The van der Waals surface area contributed by atoms with Crippen LogP contribution < -0.4 is 5.32 Å². The van der Waals surface area contributed by atoms with Crippen LogP contribution in [0, 0.1) is 0 Å². The van der Waals surface area contributed by atoms with E-state index in [9.17, 15) is 4.79 Å². The highest BCUT2D eigenvalue weighted by atomic mass is 35.5. The van der Waals surface area contributed by atoms with Crippen LogP contribution in [0.4, 0.5) is 5.95 Å². The van der Waals surface area contributed by atoms with Crippen LogP contribution in [0.25, 0.3) is 0 Å². The molecule has 0 spiro atoms. The van der Waals surface area contributed by atoms with Crippen molar-refractivity contribution < 1.29 is 9.53 Å². The fraction of sp³-hybridized carbons (Fsp3) is 0.267. The summed E-state index contributed by atoms with van der Waals surface area (Å²) < 4.78 is 4.86. The molecule has 0 saturated heterocycles. The van der Waals surface area contributed by atoms with Gasteiger partial charge >= 0.3 is 5.97 Å². The van der Waals surface area contributed by atoms with E-state index in [1.165, 1.54) is 11.8 Å². The van der Waals surface area contributed by atoms with Crippen molar-refractivity contribution in [2.24, 2.45) is 0 Å². The molecule has 1 aromatic carbocycles. The molecular weight excluding hydrogens is 290 g/mol. The first-order valence-corrected chi connectivity index (χ1v) is 7.06. The van der Waals surface area contributed by atoms with E-state index in [1.807, 2.05) is 18.2 Å². The van der Waals surface area contributed by atoms with Gasteiger partial charge < -0.3 is 10.1 Å². The lowest BCUT2D eigenvalue weighted by Crippen LogP contribution is -2.11. The van der Waals surface area contributed by atoms with Crippen LogP contribution in [0.2, 0.25) is 5.15 Å². The number of nitrogens with one attached hydrogen (secondary N) is 1. The van der Waals surface area contributed by atoms with Crippen molar-refractivity contribution in [3.8, 4) is 0 Å². The van der Waals surface area contributed by atoms with Crippen LogP contribution >= 0.6 is 11.6 Å².